The molecule has 2 aliphatic rings. The van der Waals surface area contributed by atoms with E-state index >= 15 is 0 Å². The molecule has 10 heteroatoms. The summed E-state index contributed by atoms with van der Waals surface area (Å²) in [7, 11) is 0. The minimum absolute atomic E-state index is 0.0365. The summed E-state index contributed by atoms with van der Waals surface area (Å²) in [5.41, 5.74) is -0.373. The number of halogens is 3. The second-order valence-electron chi connectivity index (χ2n) is 11.3. The van der Waals surface area contributed by atoms with Gasteiger partial charge in [0.15, 0.2) is 5.69 Å². The number of hydrogen-bond donors (Lipinski definition) is 2. The lowest BCUT2D eigenvalue weighted by Crippen LogP contribution is -2.49. The van der Waals surface area contributed by atoms with Crippen molar-refractivity contribution in [3.8, 4) is 11.1 Å². The average Bonchev–Trinajstić information content (AvgIpc) is 3.54. The van der Waals surface area contributed by atoms with E-state index < -0.39 is 34.8 Å². The number of aromatic nitrogens is 1. The Kier molecular flexibility index (Phi) is 7.38. The molecule has 1 aliphatic carbocycles. The van der Waals surface area contributed by atoms with Gasteiger partial charge in [0, 0.05) is 37.0 Å². The largest absolute Gasteiger partial charge is 0.444 e. The second kappa shape index (κ2) is 10.1. The van der Waals surface area contributed by atoms with Crippen molar-refractivity contribution in [2.75, 3.05) is 18.0 Å². The number of anilines is 1. The van der Waals surface area contributed by atoms with Crippen LogP contribution in [0.5, 0.6) is 0 Å². The molecule has 2 N–H and O–H groups in total. The number of ether oxygens (including phenoxy) is 1. The van der Waals surface area contributed by atoms with Crippen molar-refractivity contribution in [3.63, 3.8) is 0 Å². The highest BCUT2D eigenvalue weighted by molar-refractivity contribution is 6.34. The Morgan fingerprint density at radius 1 is 1.22 bits per heavy atom. The highest BCUT2D eigenvalue weighted by atomic mass is 35.5. The summed E-state index contributed by atoms with van der Waals surface area (Å²) in [5.74, 6) is -1.50. The number of carbonyl (C=O) groups excluding carboxylic acids is 2. The van der Waals surface area contributed by atoms with E-state index in [4.69, 9.17) is 16.3 Å². The Labute approximate surface area is 220 Å². The second-order valence-corrected chi connectivity index (χ2v) is 11.7. The summed E-state index contributed by atoms with van der Waals surface area (Å²) in [6.45, 7) is 9.92. The molecule has 0 radical (unpaired) electrons. The fourth-order valence-electron chi connectivity index (χ4n) is 4.72. The van der Waals surface area contributed by atoms with Crippen LogP contribution in [0.15, 0.2) is 24.4 Å². The number of amides is 2. The molecule has 200 valence electrons. The first-order valence-corrected chi connectivity index (χ1v) is 12.8. The lowest BCUT2D eigenvalue weighted by Gasteiger charge is -2.30. The van der Waals surface area contributed by atoms with Gasteiger partial charge in [-0.1, -0.05) is 11.6 Å². The highest BCUT2D eigenvalue weighted by Crippen LogP contribution is 2.42. The lowest BCUT2D eigenvalue weighted by atomic mass is 10.0. The van der Waals surface area contributed by atoms with E-state index in [9.17, 15) is 18.4 Å². The number of alkyl carbamates (subject to hydrolysis) is 1. The van der Waals surface area contributed by atoms with Gasteiger partial charge in [0.05, 0.1) is 16.2 Å². The van der Waals surface area contributed by atoms with E-state index in [1.807, 2.05) is 18.7 Å². The Balaban J connectivity index is 1.74. The van der Waals surface area contributed by atoms with Crippen LogP contribution in [-0.2, 0) is 4.74 Å². The van der Waals surface area contributed by atoms with E-state index in [-0.39, 0.29) is 22.3 Å². The Morgan fingerprint density at radius 2 is 1.86 bits per heavy atom. The Bertz CT molecular complexity index is 1190. The molecular formula is C27H33ClF2N4O3. The predicted molar refractivity (Wildman–Crippen MR) is 139 cm³/mol. The quantitative estimate of drug-likeness (QED) is 0.496. The van der Waals surface area contributed by atoms with Crippen molar-refractivity contribution in [2.24, 2.45) is 5.92 Å². The fraction of sp³-hybridized carbons (Fsp3) is 0.519. The zero-order chi connectivity index (χ0) is 27.1. The molecule has 0 bridgehead atoms. The van der Waals surface area contributed by atoms with Crippen LogP contribution in [0, 0.1) is 17.6 Å². The topological polar surface area (TPSA) is 83.6 Å². The van der Waals surface area contributed by atoms with Gasteiger partial charge in [-0.25, -0.2) is 18.6 Å². The van der Waals surface area contributed by atoms with Crippen LogP contribution < -0.4 is 15.5 Å². The summed E-state index contributed by atoms with van der Waals surface area (Å²) in [5, 5.41) is 6.10. The number of hydrogen-bond acceptors (Lipinski definition) is 5. The molecular weight excluding hydrogens is 502 g/mol. The normalized spacial score (nSPS) is 20.5. The fourth-order valence-corrected chi connectivity index (χ4v) is 4.97. The zero-order valence-corrected chi connectivity index (χ0v) is 22.5. The van der Waals surface area contributed by atoms with Gasteiger partial charge in [-0.15, -0.1) is 0 Å². The molecule has 2 heterocycles. The van der Waals surface area contributed by atoms with Crippen molar-refractivity contribution in [1.82, 2.24) is 15.6 Å². The van der Waals surface area contributed by atoms with Gasteiger partial charge in [-0.05, 0) is 77.5 Å². The maximum absolute atomic E-state index is 14.2. The molecule has 1 saturated heterocycles. The van der Waals surface area contributed by atoms with E-state index in [0.29, 0.717) is 36.7 Å². The smallest absolute Gasteiger partial charge is 0.408 e. The van der Waals surface area contributed by atoms with Gasteiger partial charge in [-0.3, -0.25) is 4.79 Å². The van der Waals surface area contributed by atoms with Crippen LogP contribution in [-0.4, -0.2) is 47.3 Å². The molecule has 2 aromatic rings. The third-order valence-corrected chi connectivity index (χ3v) is 6.94. The maximum Gasteiger partial charge on any atom is 0.408 e. The van der Waals surface area contributed by atoms with Crippen LogP contribution in [0.4, 0.5) is 19.3 Å². The standard InChI is InChI=1S/C27H33ClF2N4O3/c1-15(16-6-7-16)32-24(35)22-23(21(20(28)13-31-22)17-10-18(29)12-19(30)11-17)34-9-8-27(5,14-34)33-25(36)37-26(2,3)4/h10-13,15-16H,6-9,14H2,1-5H3,(H,32,35)(H,33,36)/t15-,27-/m0/s1. The van der Waals surface area contributed by atoms with Gasteiger partial charge >= 0.3 is 6.09 Å². The monoisotopic (exact) mass is 534 g/mol. The summed E-state index contributed by atoms with van der Waals surface area (Å²) < 4.78 is 33.9. The first kappa shape index (κ1) is 27.1. The number of rotatable bonds is 6. The van der Waals surface area contributed by atoms with E-state index in [2.05, 4.69) is 15.6 Å². The number of nitrogens with one attached hydrogen (secondary N) is 2. The number of pyridine rings is 1. The number of benzene rings is 1. The molecule has 0 spiro atoms. The molecule has 1 aromatic heterocycles. The van der Waals surface area contributed by atoms with Gasteiger partial charge < -0.3 is 20.3 Å². The maximum atomic E-state index is 14.2. The molecule has 1 saturated carbocycles. The minimum Gasteiger partial charge on any atom is -0.444 e. The van der Waals surface area contributed by atoms with E-state index in [1.54, 1.807) is 20.8 Å². The molecule has 37 heavy (non-hydrogen) atoms. The summed E-state index contributed by atoms with van der Waals surface area (Å²) in [6, 6.07) is 3.10. The van der Waals surface area contributed by atoms with Gasteiger partial charge in [0.1, 0.15) is 17.2 Å². The first-order chi connectivity index (χ1) is 17.2. The van der Waals surface area contributed by atoms with Crippen molar-refractivity contribution < 1.29 is 23.1 Å². The van der Waals surface area contributed by atoms with Crippen LogP contribution in [0.3, 0.4) is 0 Å². The van der Waals surface area contributed by atoms with Crippen molar-refractivity contribution in [2.45, 2.75) is 71.1 Å². The zero-order valence-electron chi connectivity index (χ0n) is 21.8. The number of carbonyl (C=O) groups is 2. The van der Waals surface area contributed by atoms with Crippen LogP contribution in [0.2, 0.25) is 5.02 Å². The summed E-state index contributed by atoms with van der Waals surface area (Å²) in [4.78, 5) is 32.2. The van der Waals surface area contributed by atoms with E-state index in [0.717, 1.165) is 18.9 Å². The third-order valence-electron chi connectivity index (χ3n) is 6.65. The molecule has 7 nitrogen and oxygen atoms in total. The summed E-state index contributed by atoms with van der Waals surface area (Å²) in [6.07, 6.45) is 3.42. The van der Waals surface area contributed by atoms with E-state index in [1.165, 1.54) is 18.3 Å². The van der Waals surface area contributed by atoms with Crippen LogP contribution >= 0.6 is 11.6 Å². The number of nitrogens with zero attached hydrogens (tertiary/aromatic N) is 2. The minimum atomic E-state index is -0.764. The molecule has 1 aliphatic heterocycles. The first-order valence-electron chi connectivity index (χ1n) is 12.5. The molecule has 2 fully saturated rings. The lowest BCUT2D eigenvalue weighted by molar-refractivity contribution is 0.0473. The van der Waals surface area contributed by atoms with Crippen LogP contribution in [0.25, 0.3) is 11.1 Å². The van der Waals surface area contributed by atoms with Gasteiger partial charge in [-0.2, -0.15) is 0 Å². The molecule has 2 atom stereocenters. The summed E-state index contributed by atoms with van der Waals surface area (Å²) >= 11 is 6.56. The Morgan fingerprint density at radius 3 is 2.46 bits per heavy atom. The van der Waals surface area contributed by atoms with Crippen molar-refractivity contribution in [3.05, 3.63) is 46.7 Å². The molecule has 0 unspecified atom stereocenters. The van der Waals surface area contributed by atoms with Crippen LogP contribution in [0.1, 0.15) is 64.4 Å². The SMILES string of the molecule is C[C@H](NC(=O)c1ncc(Cl)c(-c2cc(F)cc(F)c2)c1N1CC[C@](C)(NC(=O)OC(C)(C)C)C1)C1CC1. The molecule has 4 rings (SSSR count). The van der Waals surface area contributed by atoms with Crippen molar-refractivity contribution in [1.29, 1.82) is 0 Å². The molecule has 1 aromatic carbocycles. The predicted octanol–water partition coefficient (Wildman–Crippen LogP) is 5.70. The molecule has 2 amide bonds. The Hall–Kier alpha value is -2.94. The highest BCUT2D eigenvalue weighted by Gasteiger charge is 2.40. The average molecular weight is 535 g/mol. The van der Waals surface area contributed by atoms with Crippen molar-refractivity contribution >= 4 is 29.3 Å². The van der Waals surface area contributed by atoms with Gasteiger partial charge in [0.25, 0.3) is 5.91 Å². The van der Waals surface area contributed by atoms with Gasteiger partial charge in [0.2, 0.25) is 0 Å². The third kappa shape index (κ3) is 6.50.